The van der Waals surface area contributed by atoms with Crippen molar-refractivity contribution < 1.29 is 23.9 Å². The Hall–Kier alpha value is -3.68. The number of nitrogens with one attached hydrogen (secondary N) is 2. The molecule has 0 saturated heterocycles. The highest BCUT2D eigenvalue weighted by Crippen LogP contribution is 2.24. The van der Waals surface area contributed by atoms with Gasteiger partial charge >= 0.3 is 6.09 Å². The molecule has 2 aromatic carbocycles. The normalized spacial score (nSPS) is 17.5. The molecule has 0 heterocycles. The second kappa shape index (κ2) is 11.8. The van der Waals surface area contributed by atoms with Crippen LogP contribution in [0.5, 0.6) is 0 Å². The fourth-order valence-electron chi connectivity index (χ4n) is 3.98. The predicted molar refractivity (Wildman–Crippen MR) is 122 cm³/mol. The zero-order chi connectivity index (χ0) is 23.6. The average molecular weight is 452 g/mol. The summed E-state index contributed by atoms with van der Waals surface area (Å²) in [6.07, 6.45) is 1.39. The number of Topliss-reactive ketones (excluding diaryl/α,β-unsaturated/α-hetero) is 1. The van der Waals surface area contributed by atoms with Crippen LogP contribution in [0.3, 0.4) is 0 Å². The van der Waals surface area contributed by atoms with Crippen LogP contribution in [0, 0.1) is 5.92 Å². The van der Waals surface area contributed by atoms with E-state index in [-0.39, 0.29) is 31.1 Å². The molecular formula is C25H29N3O5. The van der Waals surface area contributed by atoms with Gasteiger partial charge < -0.3 is 21.1 Å². The SMILES string of the molecule is NC(=O)[C@H](NC(=O)[C@H](Cc1ccccc1)NC(=O)OCc1ccccc1)[C@H]1CCCC(=O)C1. The maximum absolute atomic E-state index is 13.1. The fraction of sp³-hybridized carbons (Fsp3) is 0.360. The van der Waals surface area contributed by atoms with Crippen LogP contribution in [0.2, 0.25) is 0 Å². The van der Waals surface area contributed by atoms with Crippen molar-refractivity contribution in [3.8, 4) is 0 Å². The summed E-state index contributed by atoms with van der Waals surface area (Å²) in [5.41, 5.74) is 7.19. The minimum absolute atomic E-state index is 0.0511. The second-order valence-electron chi connectivity index (χ2n) is 8.23. The molecule has 1 fully saturated rings. The van der Waals surface area contributed by atoms with Crippen molar-refractivity contribution in [2.24, 2.45) is 11.7 Å². The zero-order valence-electron chi connectivity index (χ0n) is 18.4. The molecular weight excluding hydrogens is 422 g/mol. The minimum Gasteiger partial charge on any atom is -0.445 e. The number of primary amides is 1. The Morgan fingerprint density at radius 2 is 1.61 bits per heavy atom. The van der Waals surface area contributed by atoms with Gasteiger partial charge in [-0.1, -0.05) is 60.7 Å². The van der Waals surface area contributed by atoms with Crippen LogP contribution in [0.4, 0.5) is 4.79 Å². The molecule has 0 radical (unpaired) electrons. The van der Waals surface area contributed by atoms with Gasteiger partial charge in [-0.3, -0.25) is 14.4 Å². The summed E-state index contributed by atoms with van der Waals surface area (Å²) in [5.74, 6) is -1.56. The summed E-state index contributed by atoms with van der Waals surface area (Å²) in [6, 6.07) is 16.4. The lowest BCUT2D eigenvalue weighted by molar-refractivity contribution is -0.131. The molecule has 0 bridgehead atoms. The highest BCUT2D eigenvalue weighted by atomic mass is 16.5. The lowest BCUT2D eigenvalue weighted by atomic mass is 9.82. The third-order valence-corrected chi connectivity index (χ3v) is 5.70. The van der Waals surface area contributed by atoms with E-state index in [1.54, 1.807) is 0 Å². The van der Waals surface area contributed by atoms with Crippen LogP contribution >= 0.6 is 0 Å². The molecule has 3 rings (SSSR count). The Kier molecular flexibility index (Phi) is 8.57. The van der Waals surface area contributed by atoms with Gasteiger partial charge in [-0.2, -0.15) is 0 Å². The summed E-state index contributed by atoms with van der Waals surface area (Å²) < 4.78 is 5.26. The van der Waals surface area contributed by atoms with E-state index in [1.807, 2.05) is 60.7 Å². The van der Waals surface area contributed by atoms with Gasteiger partial charge in [0, 0.05) is 19.3 Å². The van der Waals surface area contributed by atoms with Crippen molar-refractivity contribution in [2.45, 2.75) is 50.8 Å². The Balaban J connectivity index is 1.68. The largest absolute Gasteiger partial charge is 0.445 e. The van der Waals surface area contributed by atoms with Crippen LogP contribution < -0.4 is 16.4 Å². The Morgan fingerprint density at radius 3 is 2.21 bits per heavy atom. The predicted octanol–water partition coefficient (Wildman–Crippen LogP) is 2.25. The molecule has 0 spiro atoms. The van der Waals surface area contributed by atoms with E-state index in [1.165, 1.54) is 0 Å². The van der Waals surface area contributed by atoms with Crippen LogP contribution in [0.1, 0.15) is 36.8 Å². The number of ketones is 1. The van der Waals surface area contributed by atoms with E-state index >= 15 is 0 Å². The number of benzene rings is 2. The number of carbonyl (C=O) groups is 4. The van der Waals surface area contributed by atoms with Crippen LogP contribution in [0.15, 0.2) is 60.7 Å². The van der Waals surface area contributed by atoms with Gasteiger partial charge in [0.05, 0.1) is 0 Å². The summed E-state index contributed by atoms with van der Waals surface area (Å²) in [6.45, 7) is 0.0560. The summed E-state index contributed by atoms with van der Waals surface area (Å²) in [5, 5.41) is 5.27. The van der Waals surface area contributed by atoms with Gasteiger partial charge in [-0.15, -0.1) is 0 Å². The standard InChI is InChI=1S/C25H29N3O5/c26-23(30)22(19-12-7-13-20(29)15-19)28-24(31)21(14-17-8-3-1-4-9-17)27-25(32)33-16-18-10-5-2-6-11-18/h1-6,8-11,19,21-22H,7,12-16H2,(H2,26,30)(H,27,32)(H,28,31)/t19-,21-,22+/m0/s1. The molecule has 0 unspecified atom stereocenters. The van der Waals surface area contributed by atoms with Crippen LogP contribution in [0.25, 0.3) is 0 Å². The highest BCUT2D eigenvalue weighted by molar-refractivity contribution is 5.91. The number of carbonyl (C=O) groups excluding carboxylic acids is 4. The van der Waals surface area contributed by atoms with E-state index < -0.39 is 30.0 Å². The molecule has 4 N–H and O–H groups in total. The van der Waals surface area contributed by atoms with Crippen LogP contribution in [-0.2, 0) is 32.1 Å². The molecule has 174 valence electrons. The van der Waals surface area contributed by atoms with E-state index in [0.717, 1.165) is 11.1 Å². The number of ether oxygens (including phenoxy) is 1. The zero-order valence-corrected chi connectivity index (χ0v) is 18.4. The van der Waals surface area contributed by atoms with Crippen molar-refractivity contribution >= 4 is 23.7 Å². The smallest absolute Gasteiger partial charge is 0.408 e. The average Bonchev–Trinajstić information content (AvgIpc) is 2.82. The molecule has 0 aliphatic heterocycles. The maximum atomic E-state index is 13.1. The molecule has 33 heavy (non-hydrogen) atoms. The fourth-order valence-corrected chi connectivity index (χ4v) is 3.98. The Labute approximate surface area is 192 Å². The molecule has 1 aliphatic carbocycles. The molecule has 8 nitrogen and oxygen atoms in total. The van der Waals surface area contributed by atoms with Gasteiger partial charge in [-0.25, -0.2) is 4.79 Å². The first-order chi connectivity index (χ1) is 15.9. The maximum Gasteiger partial charge on any atom is 0.408 e. The van der Waals surface area contributed by atoms with E-state index in [0.29, 0.717) is 19.3 Å². The molecule has 2 aromatic rings. The monoisotopic (exact) mass is 451 g/mol. The number of alkyl carbamates (subject to hydrolysis) is 1. The summed E-state index contributed by atoms with van der Waals surface area (Å²) in [7, 11) is 0. The number of amides is 3. The number of nitrogens with two attached hydrogens (primary N) is 1. The molecule has 1 saturated carbocycles. The second-order valence-corrected chi connectivity index (χ2v) is 8.23. The minimum atomic E-state index is -0.989. The molecule has 0 aromatic heterocycles. The van der Waals surface area contributed by atoms with Gasteiger partial charge in [0.2, 0.25) is 11.8 Å². The van der Waals surface area contributed by atoms with Gasteiger partial charge in [0.25, 0.3) is 0 Å². The number of hydrogen-bond acceptors (Lipinski definition) is 5. The molecule has 3 amide bonds. The van der Waals surface area contributed by atoms with Gasteiger partial charge in [0.1, 0.15) is 24.5 Å². The Morgan fingerprint density at radius 1 is 0.970 bits per heavy atom. The number of rotatable bonds is 9. The van der Waals surface area contributed by atoms with Crippen molar-refractivity contribution in [3.63, 3.8) is 0 Å². The lowest BCUT2D eigenvalue weighted by Crippen LogP contribution is -2.56. The van der Waals surface area contributed by atoms with Crippen LogP contribution in [-0.4, -0.2) is 35.8 Å². The summed E-state index contributed by atoms with van der Waals surface area (Å²) in [4.78, 5) is 49.5. The van der Waals surface area contributed by atoms with E-state index in [2.05, 4.69) is 10.6 Å². The van der Waals surface area contributed by atoms with Gasteiger partial charge in [-0.05, 0) is 29.9 Å². The third kappa shape index (κ3) is 7.45. The molecule has 1 aliphatic rings. The van der Waals surface area contributed by atoms with Crippen molar-refractivity contribution in [2.75, 3.05) is 0 Å². The highest BCUT2D eigenvalue weighted by Gasteiger charge is 2.34. The van der Waals surface area contributed by atoms with E-state index in [4.69, 9.17) is 10.5 Å². The first-order valence-electron chi connectivity index (χ1n) is 11.0. The first kappa shape index (κ1) is 24.0. The first-order valence-corrected chi connectivity index (χ1v) is 11.0. The summed E-state index contributed by atoms with van der Waals surface area (Å²) >= 11 is 0. The topological polar surface area (TPSA) is 128 Å². The molecule has 3 atom stereocenters. The Bertz CT molecular complexity index is 965. The van der Waals surface area contributed by atoms with Crippen molar-refractivity contribution in [3.05, 3.63) is 71.8 Å². The van der Waals surface area contributed by atoms with Crippen molar-refractivity contribution in [1.29, 1.82) is 0 Å². The van der Waals surface area contributed by atoms with E-state index in [9.17, 15) is 19.2 Å². The number of hydrogen-bond donors (Lipinski definition) is 3. The third-order valence-electron chi connectivity index (χ3n) is 5.70. The van der Waals surface area contributed by atoms with Gasteiger partial charge in [0.15, 0.2) is 0 Å². The lowest BCUT2D eigenvalue weighted by Gasteiger charge is -2.29. The quantitative estimate of drug-likeness (QED) is 0.539. The molecule has 8 heteroatoms. The van der Waals surface area contributed by atoms with Crippen molar-refractivity contribution in [1.82, 2.24) is 10.6 Å².